The summed E-state index contributed by atoms with van der Waals surface area (Å²) in [6.45, 7) is 3.79. The van der Waals surface area contributed by atoms with Crippen molar-refractivity contribution >= 4 is 17.7 Å². The van der Waals surface area contributed by atoms with E-state index in [1.54, 1.807) is 0 Å². The Labute approximate surface area is 70.8 Å². The van der Waals surface area contributed by atoms with E-state index in [4.69, 9.17) is 16.1 Å². The highest BCUT2D eigenvalue weighted by atomic mass is 35.5. The van der Waals surface area contributed by atoms with Crippen LogP contribution in [0.1, 0.15) is 17.0 Å². The molecule has 0 saturated heterocycles. The molecule has 60 valence electrons. The first-order chi connectivity index (χ1) is 5.25. The quantitative estimate of drug-likeness (QED) is 0.640. The Balaban J connectivity index is 2.92. The van der Waals surface area contributed by atoms with E-state index in [1.165, 1.54) is 0 Å². The van der Waals surface area contributed by atoms with Crippen LogP contribution in [0, 0.1) is 13.8 Å². The third-order valence-electron chi connectivity index (χ3n) is 1.46. The molecule has 3 heteroatoms. The van der Waals surface area contributed by atoms with Crippen molar-refractivity contribution in [2.75, 3.05) is 5.88 Å². The van der Waals surface area contributed by atoms with Gasteiger partial charge < -0.3 is 4.52 Å². The second-order valence-electron chi connectivity index (χ2n) is 2.29. The molecule has 0 spiro atoms. The van der Waals surface area contributed by atoms with Crippen molar-refractivity contribution < 1.29 is 4.52 Å². The number of halogens is 1. The van der Waals surface area contributed by atoms with Crippen LogP contribution in [-0.4, -0.2) is 11.0 Å². The van der Waals surface area contributed by atoms with Crippen molar-refractivity contribution in [1.29, 1.82) is 0 Å². The maximum Gasteiger partial charge on any atom is 0.141 e. The summed E-state index contributed by atoms with van der Waals surface area (Å²) in [6, 6.07) is 0. The number of rotatable bonds is 2. The monoisotopic (exact) mass is 171 g/mol. The molecule has 11 heavy (non-hydrogen) atoms. The lowest BCUT2D eigenvalue weighted by atomic mass is 10.2. The van der Waals surface area contributed by atoms with Gasteiger partial charge in [0.25, 0.3) is 0 Å². The molecule has 0 amide bonds. The average Bonchev–Trinajstić information content (AvgIpc) is 2.29. The number of aryl methyl sites for hydroxylation is 2. The Morgan fingerprint density at radius 1 is 1.55 bits per heavy atom. The fourth-order valence-electron chi connectivity index (χ4n) is 0.890. The van der Waals surface area contributed by atoms with Crippen molar-refractivity contribution in [2.45, 2.75) is 13.8 Å². The topological polar surface area (TPSA) is 26.0 Å². The third-order valence-corrected chi connectivity index (χ3v) is 1.64. The Kier molecular flexibility index (Phi) is 2.71. The van der Waals surface area contributed by atoms with E-state index in [9.17, 15) is 0 Å². The number of allylic oxidation sites excluding steroid dienone is 1. The summed E-state index contributed by atoms with van der Waals surface area (Å²) in [5.41, 5.74) is 1.94. The first-order valence-electron chi connectivity index (χ1n) is 3.41. The van der Waals surface area contributed by atoms with Gasteiger partial charge in [0, 0.05) is 11.4 Å². The van der Waals surface area contributed by atoms with Gasteiger partial charge in [0.15, 0.2) is 0 Å². The van der Waals surface area contributed by atoms with E-state index in [-0.39, 0.29) is 0 Å². The fraction of sp³-hybridized carbons (Fsp3) is 0.375. The van der Waals surface area contributed by atoms with Gasteiger partial charge in [-0.1, -0.05) is 17.3 Å². The standard InChI is InChI=1S/C8H10ClNO/c1-6-8(4-3-5-9)7(2)11-10-6/h3-4H,5H2,1-2H3. The van der Waals surface area contributed by atoms with E-state index in [2.05, 4.69) is 5.16 Å². The van der Waals surface area contributed by atoms with Gasteiger partial charge in [-0.25, -0.2) is 0 Å². The Bertz CT molecular complexity index is 246. The van der Waals surface area contributed by atoms with E-state index < -0.39 is 0 Å². The van der Waals surface area contributed by atoms with Crippen molar-refractivity contribution in [3.63, 3.8) is 0 Å². The molecular weight excluding hydrogens is 162 g/mol. The molecular formula is C8H10ClNO. The molecule has 0 N–H and O–H groups in total. The van der Waals surface area contributed by atoms with Gasteiger partial charge >= 0.3 is 0 Å². The van der Waals surface area contributed by atoms with Gasteiger partial charge in [-0.2, -0.15) is 0 Å². The molecule has 0 unspecified atom stereocenters. The Hall–Kier alpha value is -0.760. The average molecular weight is 172 g/mol. The first-order valence-corrected chi connectivity index (χ1v) is 3.94. The highest BCUT2D eigenvalue weighted by molar-refractivity contribution is 6.19. The van der Waals surface area contributed by atoms with Crippen LogP contribution in [0.5, 0.6) is 0 Å². The van der Waals surface area contributed by atoms with Gasteiger partial charge in [0.1, 0.15) is 5.76 Å². The van der Waals surface area contributed by atoms with Crippen LogP contribution in [0.2, 0.25) is 0 Å². The largest absolute Gasteiger partial charge is 0.361 e. The number of aromatic nitrogens is 1. The minimum atomic E-state index is 0.518. The van der Waals surface area contributed by atoms with E-state index in [0.717, 1.165) is 17.0 Å². The molecule has 0 atom stereocenters. The van der Waals surface area contributed by atoms with Crippen LogP contribution in [0.4, 0.5) is 0 Å². The molecule has 1 aromatic heterocycles. The number of hydrogen-bond donors (Lipinski definition) is 0. The van der Waals surface area contributed by atoms with Crippen molar-refractivity contribution in [3.8, 4) is 0 Å². The summed E-state index contributed by atoms with van der Waals surface area (Å²) in [5, 5.41) is 3.80. The summed E-state index contributed by atoms with van der Waals surface area (Å²) < 4.78 is 4.95. The molecule has 1 heterocycles. The van der Waals surface area contributed by atoms with E-state index in [1.807, 2.05) is 26.0 Å². The van der Waals surface area contributed by atoms with Crippen LogP contribution in [0.15, 0.2) is 10.6 Å². The summed E-state index contributed by atoms with van der Waals surface area (Å²) >= 11 is 5.49. The summed E-state index contributed by atoms with van der Waals surface area (Å²) in [5.74, 6) is 1.35. The Morgan fingerprint density at radius 2 is 2.27 bits per heavy atom. The van der Waals surface area contributed by atoms with Crippen LogP contribution in [0.25, 0.3) is 6.08 Å². The number of nitrogens with zero attached hydrogens (tertiary/aromatic N) is 1. The number of alkyl halides is 1. The molecule has 0 aliphatic rings. The van der Waals surface area contributed by atoms with Crippen molar-refractivity contribution in [2.24, 2.45) is 0 Å². The van der Waals surface area contributed by atoms with Gasteiger partial charge in [0.05, 0.1) is 5.69 Å². The minimum Gasteiger partial charge on any atom is -0.361 e. The molecule has 0 bridgehead atoms. The molecule has 1 aromatic rings. The molecule has 0 saturated carbocycles. The van der Waals surface area contributed by atoms with Gasteiger partial charge in [0.2, 0.25) is 0 Å². The lowest BCUT2D eigenvalue weighted by Crippen LogP contribution is -1.76. The third kappa shape index (κ3) is 1.84. The first kappa shape index (κ1) is 8.34. The van der Waals surface area contributed by atoms with E-state index in [0.29, 0.717) is 5.88 Å². The van der Waals surface area contributed by atoms with Gasteiger partial charge in [-0.15, -0.1) is 11.6 Å². The Morgan fingerprint density at radius 3 is 2.73 bits per heavy atom. The SMILES string of the molecule is Cc1noc(C)c1C=CCCl. The zero-order valence-corrected chi connectivity index (χ0v) is 7.35. The lowest BCUT2D eigenvalue weighted by molar-refractivity contribution is 0.393. The normalized spacial score (nSPS) is 11.2. The maximum atomic E-state index is 5.49. The van der Waals surface area contributed by atoms with Gasteiger partial charge in [-0.3, -0.25) is 0 Å². The predicted octanol–water partition coefficient (Wildman–Crippen LogP) is 2.54. The zero-order chi connectivity index (χ0) is 8.27. The van der Waals surface area contributed by atoms with Crippen LogP contribution in [0.3, 0.4) is 0 Å². The predicted molar refractivity (Wildman–Crippen MR) is 45.7 cm³/mol. The smallest absolute Gasteiger partial charge is 0.141 e. The van der Waals surface area contributed by atoms with Crippen LogP contribution in [-0.2, 0) is 0 Å². The van der Waals surface area contributed by atoms with Crippen molar-refractivity contribution in [1.82, 2.24) is 5.16 Å². The molecule has 0 aliphatic heterocycles. The van der Waals surface area contributed by atoms with Crippen LogP contribution >= 0.6 is 11.6 Å². The summed E-state index contributed by atoms with van der Waals surface area (Å²) in [4.78, 5) is 0. The minimum absolute atomic E-state index is 0.518. The highest BCUT2D eigenvalue weighted by Gasteiger charge is 2.03. The zero-order valence-electron chi connectivity index (χ0n) is 6.60. The molecule has 1 rings (SSSR count). The molecule has 0 aliphatic carbocycles. The molecule has 0 fully saturated rings. The van der Waals surface area contributed by atoms with Gasteiger partial charge in [-0.05, 0) is 13.8 Å². The van der Waals surface area contributed by atoms with Crippen molar-refractivity contribution in [3.05, 3.63) is 23.1 Å². The summed E-state index contributed by atoms with van der Waals surface area (Å²) in [6.07, 6.45) is 3.79. The second-order valence-corrected chi connectivity index (χ2v) is 2.60. The molecule has 2 nitrogen and oxygen atoms in total. The lowest BCUT2D eigenvalue weighted by Gasteiger charge is -1.86. The fourth-order valence-corrected chi connectivity index (χ4v) is 0.979. The second kappa shape index (κ2) is 3.58. The molecule has 0 aromatic carbocycles. The molecule has 0 radical (unpaired) electrons. The summed E-state index contributed by atoms with van der Waals surface area (Å²) in [7, 11) is 0. The van der Waals surface area contributed by atoms with Crippen LogP contribution < -0.4 is 0 Å². The number of hydrogen-bond acceptors (Lipinski definition) is 2. The maximum absolute atomic E-state index is 5.49. The van der Waals surface area contributed by atoms with E-state index >= 15 is 0 Å². The highest BCUT2D eigenvalue weighted by Crippen LogP contribution is 2.13.